The maximum absolute atomic E-state index is 5.85. The summed E-state index contributed by atoms with van der Waals surface area (Å²) in [6, 6.07) is 4.21. The molecule has 2 aromatic rings. The van der Waals surface area contributed by atoms with Crippen molar-refractivity contribution in [2.24, 2.45) is 0 Å². The maximum Gasteiger partial charge on any atom is 0.205 e. The Labute approximate surface area is 121 Å². The van der Waals surface area contributed by atoms with Crippen molar-refractivity contribution in [3.05, 3.63) is 28.2 Å². The first-order chi connectivity index (χ1) is 9.24. The van der Waals surface area contributed by atoms with Gasteiger partial charge in [-0.05, 0) is 11.4 Å². The summed E-state index contributed by atoms with van der Waals surface area (Å²) in [6.45, 7) is 6.76. The van der Waals surface area contributed by atoms with Gasteiger partial charge in [-0.1, -0.05) is 19.9 Å². The number of thiophene rings is 1. The molecule has 0 radical (unpaired) electrons. The van der Waals surface area contributed by atoms with Gasteiger partial charge in [-0.3, -0.25) is 0 Å². The lowest BCUT2D eigenvalue weighted by Crippen LogP contribution is -2.38. The standard InChI is InChI=1S/C13H17N3OS2/c1-9(2)12-14-13(19-15-12)16-5-6-17-10(8-16)11-4-3-7-18-11/h3-4,7,9-10H,5-6,8H2,1-2H3. The van der Waals surface area contributed by atoms with Crippen molar-refractivity contribution in [1.29, 1.82) is 0 Å². The first-order valence-corrected chi connectivity index (χ1v) is 8.13. The Bertz CT molecular complexity index is 524. The fraction of sp³-hybridized carbons (Fsp3) is 0.538. The summed E-state index contributed by atoms with van der Waals surface area (Å²) in [5, 5.41) is 3.12. The topological polar surface area (TPSA) is 38.2 Å². The number of hydrogen-bond acceptors (Lipinski definition) is 6. The summed E-state index contributed by atoms with van der Waals surface area (Å²) in [5.74, 6) is 1.33. The molecule has 0 N–H and O–H groups in total. The molecule has 19 heavy (non-hydrogen) atoms. The van der Waals surface area contributed by atoms with Gasteiger partial charge in [0.15, 0.2) is 0 Å². The molecule has 102 valence electrons. The number of rotatable bonds is 3. The van der Waals surface area contributed by atoms with E-state index in [1.807, 2.05) is 0 Å². The highest BCUT2D eigenvalue weighted by Crippen LogP contribution is 2.30. The molecular weight excluding hydrogens is 278 g/mol. The normalized spacial score (nSPS) is 20.2. The molecule has 0 aromatic carbocycles. The van der Waals surface area contributed by atoms with Crippen molar-refractivity contribution < 1.29 is 4.74 Å². The zero-order chi connectivity index (χ0) is 13.2. The lowest BCUT2D eigenvalue weighted by atomic mass is 10.2. The number of nitrogens with zero attached hydrogens (tertiary/aromatic N) is 3. The molecule has 1 aliphatic heterocycles. The van der Waals surface area contributed by atoms with E-state index in [0.717, 1.165) is 30.7 Å². The number of hydrogen-bond donors (Lipinski definition) is 0. The van der Waals surface area contributed by atoms with Gasteiger partial charge in [0.1, 0.15) is 11.9 Å². The SMILES string of the molecule is CC(C)c1nsc(N2CCOC(c3cccs3)C2)n1. The van der Waals surface area contributed by atoms with Gasteiger partial charge in [0.25, 0.3) is 0 Å². The predicted octanol–water partition coefficient (Wildman–Crippen LogP) is 3.30. The van der Waals surface area contributed by atoms with E-state index in [1.54, 1.807) is 11.3 Å². The van der Waals surface area contributed by atoms with E-state index in [2.05, 4.69) is 45.6 Å². The zero-order valence-electron chi connectivity index (χ0n) is 11.1. The Kier molecular flexibility index (Phi) is 3.81. The fourth-order valence-corrected chi connectivity index (χ4v) is 3.67. The number of morpholine rings is 1. The molecule has 1 fully saturated rings. The number of ether oxygens (including phenoxy) is 1. The lowest BCUT2D eigenvalue weighted by molar-refractivity contribution is 0.0421. The van der Waals surface area contributed by atoms with Crippen LogP contribution in [0.25, 0.3) is 0 Å². The van der Waals surface area contributed by atoms with Gasteiger partial charge in [-0.25, -0.2) is 4.98 Å². The molecule has 0 aliphatic carbocycles. The molecule has 0 amide bonds. The van der Waals surface area contributed by atoms with E-state index in [9.17, 15) is 0 Å². The second kappa shape index (κ2) is 5.56. The van der Waals surface area contributed by atoms with Crippen LogP contribution in [0.1, 0.15) is 36.6 Å². The molecule has 3 rings (SSSR count). The van der Waals surface area contributed by atoms with Crippen molar-refractivity contribution in [2.45, 2.75) is 25.9 Å². The predicted molar refractivity (Wildman–Crippen MR) is 79.2 cm³/mol. The van der Waals surface area contributed by atoms with E-state index in [1.165, 1.54) is 16.4 Å². The van der Waals surface area contributed by atoms with Crippen LogP contribution in [-0.2, 0) is 4.74 Å². The van der Waals surface area contributed by atoms with E-state index >= 15 is 0 Å². The fourth-order valence-electron chi connectivity index (χ4n) is 2.06. The second-order valence-electron chi connectivity index (χ2n) is 4.91. The van der Waals surface area contributed by atoms with Gasteiger partial charge in [0.05, 0.1) is 13.2 Å². The molecular formula is C13H17N3OS2. The summed E-state index contributed by atoms with van der Waals surface area (Å²) in [4.78, 5) is 8.21. The van der Waals surface area contributed by atoms with Gasteiger partial charge in [0, 0.05) is 28.9 Å². The Morgan fingerprint density at radius 3 is 3.05 bits per heavy atom. The van der Waals surface area contributed by atoms with E-state index in [4.69, 9.17) is 4.74 Å². The van der Waals surface area contributed by atoms with Crippen LogP contribution >= 0.6 is 22.9 Å². The Hall–Kier alpha value is -0.980. The average Bonchev–Trinajstić information content (AvgIpc) is 3.10. The van der Waals surface area contributed by atoms with Crippen molar-refractivity contribution in [1.82, 2.24) is 9.36 Å². The molecule has 3 heterocycles. The molecule has 4 nitrogen and oxygen atoms in total. The van der Waals surface area contributed by atoms with Crippen molar-refractivity contribution in [2.75, 3.05) is 24.6 Å². The zero-order valence-corrected chi connectivity index (χ0v) is 12.7. The smallest absolute Gasteiger partial charge is 0.205 e. The summed E-state index contributed by atoms with van der Waals surface area (Å²) in [7, 11) is 0. The van der Waals surface area contributed by atoms with E-state index < -0.39 is 0 Å². The molecule has 1 aliphatic rings. The van der Waals surface area contributed by atoms with Crippen LogP contribution in [0.4, 0.5) is 5.13 Å². The minimum absolute atomic E-state index is 0.167. The largest absolute Gasteiger partial charge is 0.369 e. The van der Waals surface area contributed by atoms with Crippen LogP contribution in [-0.4, -0.2) is 29.1 Å². The molecule has 6 heteroatoms. The van der Waals surface area contributed by atoms with Crippen LogP contribution in [0, 0.1) is 0 Å². The summed E-state index contributed by atoms with van der Waals surface area (Å²) >= 11 is 3.25. The monoisotopic (exact) mass is 295 g/mol. The lowest BCUT2D eigenvalue weighted by Gasteiger charge is -2.31. The highest BCUT2D eigenvalue weighted by molar-refractivity contribution is 7.10. The quantitative estimate of drug-likeness (QED) is 0.871. The third-order valence-electron chi connectivity index (χ3n) is 3.14. The Morgan fingerprint density at radius 2 is 2.37 bits per heavy atom. The molecule has 1 unspecified atom stereocenters. The number of aromatic nitrogens is 2. The van der Waals surface area contributed by atoms with Gasteiger partial charge in [-0.2, -0.15) is 4.37 Å². The maximum atomic E-state index is 5.85. The Morgan fingerprint density at radius 1 is 1.47 bits per heavy atom. The Balaban J connectivity index is 1.74. The van der Waals surface area contributed by atoms with Gasteiger partial charge >= 0.3 is 0 Å². The molecule has 2 aromatic heterocycles. The van der Waals surface area contributed by atoms with E-state index in [0.29, 0.717) is 5.92 Å². The molecule has 0 saturated carbocycles. The summed E-state index contributed by atoms with van der Waals surface area (Å²) < 4.78 is 10.3. The highest BCUT2D eigenvalue weighted by atomic mass is 32.1. The van der Waals surface area contributed by atoms with Crippen LogP contribution in [0.5, 0.6) is 0 Å². The first-order valence-electron chi connectivity index (χ1n) is 6.47. The minimum atomic E-state index is 0.167. The average molecular weight is 295 g/mol. The highest BCUT2D eigenvalue weighted by Gasteiger charge is 2.25. The van der Waals surface area contributed by atoms with Crippen LogP contribution in [0.2, 0.25) is 0 Å². The van der Waals surface area contributed by atoms with Crippen molar-refractivity contribution >= 4 is 28.0 Å². The van der Waals surface area contributed by atoms with Crippen LogP contribution in [0.3, 0.4) is 0 Å². The summed E-state index contributed by atoms with van der Waals surface area (Å²) in [6.07, 6.45) is 0.167. The van der Waals surface area contributed by atoms with Crippen molar-refractivity contribution in [3.63, 3.8) is 0 Å². The van der Waals surface area contributed by atoms with Gasteiger partial charge in [0.2, 0.25) is 5.13 Å². The third kappa shape index (κ3) is 2.80. The number of anilines is 1. The second-order valence-corrected chi connectivity index (χ2v) is 6.62. The van der Waals surface area contributed by atoms with E-state index in [-0.39, 0.29) is 6.10 Å². The molecule has 0 bridgehead atoms. The summed E-state index contributed by atoms with van der Waals surface area (Å²) in [5.41, 5.74) is 0. The molecule has 0 spiro atoms. The van der Waals surface area contributed by atoms with Gasteiger partial charge < -0.3 is 9.64 Å². The molecule has 1 atom stereocenters. The van der Waals surface area contributed by atoms with Crippen LogP contribution in [0.15, 0.2) is 17.5 Å². The van der Waals surface area contributed by atoms with Gasteiger partial charge in [-0.15, -0.1) is 11.3 Å². The first kappa shape index (κ1) is 13.0. The third-order valence-corrected chi connectivity index (χ3v) is 4.90. The molecule has 1 saturated heterocycles. The van der Waals surface area contributed by atoms with Crippen molar-refractivity contribution in [3.8, 4) is 0 Å². The van der Waals surface area contributed by atoms with Crippen LogP contribution < -0.4 is 4.90 Å². The minimum Gasteiger partial charge on any atom is -0.369 e.